The lowest BCUT2D eigenvalue weighted by Crippen LogP contribution is -2.18. The Hall–Kier alpha value is -3.40. The van der Waals surface area contributed by atoms with E-state index in [0.29, 0.717) is 64.4 Å². The van der Waals surface area contributed by atoms with Crippen molar-refractivity contribution in [1.29, 1.82) is 5.26 Å². The summed E-state index contributed by atoms with van der Waals surface area (Å²) in [6.07, 6.45) is 4.48. The van der Waals surface area contributed by atoms with Gasteiger partial charge in [-0.25, -0.2) is 4.98 Å². The number of allylic oxidation sites excluding steroid dienone is 3. The Morgan fingerprint density at radius 1 is 1.36 bits per heavy atom. The number of aryl methyl sites for hydroxylation is 2. The summed E-state index contributed by atoms with van der Waals surface area (Å²) in [7, 11) is 1.54. The predicted molar refractivity (Wildman–Crippen MR) is 106 cm³/mol. The highest BCUT2D eigenvalue weighted by Gasteiger charge is 2.27. The van der Waals surface area contributed by atoms with E-state index in [9.17, 15) is 10.1 Å². The molecule has 0 spiro atoms. The maximum atomic E-state index is 12.4. The molecular weight excluding hydrogens is 356 g/mol. The molecule has 2 aromatic heterocycles. The first kappa shape index (κ1) is 19.4. The second-order valence-electron chi connectivity index (χ2n) is 6.54. The molecule has 7 heteroatoms. The molecule has 1 aliphatic carbocycles. The molecule has 1 aliphatic rings. The van der Waals surface area contributed by atoms with Crippen molar-refractivity contribution in [3.8, 4) is 11.9 Å². The van der Waals surface area contributed by atoms with Gasteiger partial charge in [-0.15, -0.1) is 0 Å². The summed E-state index contributed by atoms with van der Waals surface area (Å²) in [4.78, 5) is 21.4. The monoisotopic (exact) mass is 378 g/mol. The number of hydrogen-bond donors (Lipinski definition) is 1. The van der Waals surface area contributed by atoms with E-state index >= 15 is 0 Å². The Bertz CT molecular complexity index is 1080. The topological polar surface area (TPSA) is 111 Å². The molecule has 0 saturated heterocycles. The van der Waals surface area contributed by atoms with Crippen molar-refractivity contribution in [2.45, 2.75) is 33.6 Å². The van der Waals surface area contributed by atoms with Crippen LogP contribution in [0.25, 0.3) is 16.5 Å². The van der Waals surface area contributed by atoms with Crippen LogP contribution in [0.4, 0.5) is 0 Å². The third kappa shape index (κ3) is 3.18. The molecule has 0 atom stereocenters. The van der Waals surface area contributed by atoms with Gasteiger partial charge >= 0.3 is 0 Å². The quantitative estimate of drug-likeness (QED) is 0.854. The Kier molecular flexibility index (Phi) is 5.32. The van der Waals surface area contributed by atoms with Crippen molar-refractivity contribution >= 4 is 22.4 Å². The molecule has 0 aromatic carbocycles. The fourth-order valence-corrected chi connectivity index (χ4v) is 3.55. The molecule has 0 unspecified atom stereocenters. The molecule has 28 heavy (non-hydrogen) atoms. The highest BCUT2D eigenvalue weighted by atomic mass is 16.5. The zero-order valence-electron chi connectivity index (χ0n) is 16.4. The Morgan fingerprint density at radius 3 is 2.71 bits per heavy atom. The van der Waals surface area contributed by atoms with Gasteiger partial charge in [-0.2, -0.15) is 5.26 Å². The average Bonchev–Trinajstić information content (AvgIpc) is 2.68. The van der Waals surface area contributed by atoms with Gasteiger partial charge in [0.05, 0.1) is 41.9 Å². The molecule has 0 radical (unpaired) electrons. The molecule has 0 aliphatic heterocycles. The van der Waals surface area contributed by atoms with Crippen LogP contribution in [0.3, 0.4) is 0 Å². The normalized spacial score (nSPS) is 13.9. The van der Waals surface area contributed by atoms with Gasteiger partial charge < -0.3 is 15.2 Å². The van der Waals surface area contributed by atoms with Crippen LogP contribution in [0.5, 0.6) is 5.88 Å². The molecule has 2 N–H and O–H groups in total. The summed E-state index contributed by atoms with van der Waals surface area (Å²) in [5.74, 6) is 0.344. The van der Waals surface area contributed by atoms with Crippen LogP contribution in [0.15, 0.2) is 23.6 Å². The summed E-state index contributed by atoms with van der Waals surface area (Å²) in [5, 5.41) is 9.90. The first-order valence-electron chi connectivity index (χ1n) is 9.03. The van der Waals surface area contributed by atoms with Crippen molar-refractivity contribution in [2.24, 2.45) is 5.73 Å². The summed E-state index contributed by atoms with van der Waals surface area (Å²) in [6.45, 7) is 5.95. The number of nitrogens with two attached hydrogens (primary N) is 1. The second-order valence-corrected chi connectivity index (χ2v) is 6.54. The maximum absolute atomic E-state index is 12.4. The van der Waals surface area contributed by atoms with E-state index in [0.717, 1.165) is 11.1 Å². The molecule has 144 valence electrons. The average molecular weight is 378 g/mol. The van der Waals surface area contributed by atoms with Gasteiger partial charge in [0, 0.05) is 22.9 Å². The van der Waals surface area contributed by atoms with Gasteiger partial charge in [0.15, 0.2) is 0 Å². The van der Waals surface area contributed by atoms with Gasteiger partial charge in [-0.3, -0.25) is 9.78 Å². The highest BCUT2D eigenvalue weighted by Crippen LogP contribution is 2.41. The SMILES string of the molecule is CCOc1ncc(C)c2nc(C)c(C(N)=O)c(C3=C(OC)C=C(C#N)CC3)c12. The largest absolute Gasteiger partial charge is 0.496 e. The standard InChI is InChI=1S/C21H22N4O3/c1-5-28-21-18-17(14-7-6-13(9-22)8-15(14)27-4)16(20(23)26)12(3)25-19(18)11(2)10-24-21/h8,10H,5-7H2,1-4H3,(H2,23,26). The van der Waals surface area contributed by atoms with Crippen molar-refractivity contribution < 1.29 is 14.3 Å². The highest BCUT2D eigenvalue weighted by molar-refractivity contribution is 6.08. The van der Waals surface area contributed by atoms with E-state index in [1.165, 1.54) is 0 Å². The fraction of sp³-hybridized carbons (Fsp3) is 0.333. The van der Waals surface area contributed by atoms with Crippen LogP contribution in [0.2, 0.25) is 0 Å². The molecule has 2 heterocycles. The van der Waals surface area contributed by atoms with Crippen molar-refractivity contribution in [3.63, 3.8) is 0 Å². The smallest absolute Gasteiger partial charge is 0.251 e. The number of amides is 1. The molecule has 2 aromatic rings. The van der Waals surface area contributed by atoms with Crippen molar-refractivity contribution in [3.05, 3.63) is 46.0 Å². The summed E-state index contributed by atoms with van der Waals surface area (Å²) in [6, 6.07) is 2.17. The number of primary amides is 1. The number of carbonyl (C=O) groups excluding carboxylic acids is 1. The zero-order chi connectivity index (χ0) is 20.4. The van der Waals surface area contributed by atoms with Crippen LogP contribution in [-0.4, -0.2) is 29.6 Å². The Labute approximate surface area is 163 Å². The third-order valence-electron chi connectivity index (χ3n) is 4.78. The lowest BCUT2D eigenvalue weighted by molar-refractivity contribution is 0.0999. The number of carbonyl (C=O) groups is 1. The van der Waals surface area contributed by atoms with Crippen LogP contribution in [-0.2, 0) is 4.74 Å². The number of hydrogen-bond acceptors (Lipinski definition) is 6. The number of ether oxygens (including phenoxy) is 2. The zero-order valence-corrected chi connectivity index (χ0v) is 16.4. The van der Waals surface area contributed by atoms with E-state index in [-0.39, 0.29) is 0 Å². The minimum atomic E-state index is -0.580. The van der Waals surface area contributed by atoms with E-state index in [2.05, 4.69) is 16.0 Å². The molecule has 0 bridgehead atoms. The van der Waals surface area contributed by atoms with Gasteiger partial charge in [0.25, 0.3) is 5.91 Å². The summed E-state index contributed by atoms with van der Waals surface area (Å²) >= 11 is 0. The van der Waals surface area contributed by atoms with Crippen LogP contribution in [0.1, 0.15) is 46.9 Å². The number of aromatic nitrogens is 2. The molecule has 7 nitrogen and oxygen atoms in total. The lowest BCUT2D eigenvalue weighted by Gasteiger charge is -2.22. The molecule has 0 saturated carbocycles. The number of fused-ring (bicyclic) bond motifs is 1. The van der Waals surface area contributed by atoms with Gasteiger partial charge in [0.2, 0.25) is 5.88 Å². The van der Waals surface area contributed by atoms with E-state index in [4.69, 9.17) is 15.2 Å². The van der Waals surface area contributed by atoms with Gasteiger partial charge in [-0.1, -0.05) is 0 Å². The molecule has 0 fully saturated rings. The summed E-state index contributed by atoms with van der Waals surface area (Å²) < 4.78 is 11.3. The van der Waals surface area contributed by atoms with E-state index in [1.807, 2.05) is 13.8 Å². The number of pyridine rings is 2. The number of methoxy groups -OCH3 is 1. The molecule has 3 rings (SSSR count). The van der Waals surface area contributed by atoms with Crippen LogP contribution < -0.4 is 10.5 Å². The van der Waals surface area contributed by atoms with Crippen LogP contribution in [0, 0.1) is 25.2 Å². The fourth-order valence-electron chi connectivity index (χ4n) is 3.55. The van der Waals surface area contributed by atoms with Crippen LogP contribution >= 0.6 is 0 Å². The van der Waals surface area contributed by atoms with Gasteiger partial charge in [-0.05, 0) is 45.3 Å². The minimum Gasteiger partial charge on any atom is -0.496 e. The van der Waals surface area contributed by atoms with E-state index in [1.54, 1.807) is 26.3 Å². The minimum absolute atomic E-state index is 0.319. The van der Waals surface area contributed by atoms with Crippen molar-refractivity contribution in [1.82, 2.24) is 9.97 Å². The molecule has 1 amide bonds. The lowest BCUT2D eigenvalue weighted by atomic mass is 9.86. The van der Waals surface area contributed by atoms with E-state index < -0.39 is 5.91 Å². The maximum Gasteiger partial charge on any atom is 0.251 e. The first-order chi connectivity index (χ1) is 13.4. The Morgan fingerprint density at radius 2 is 2.11 bits per heavy atom. The predicted octanol–water partition coefficient (Wildman–Crippen LogP) is 3.35. The number of nitriles is 1. The Balaban J connectivity index is 2.53. The van der Waals surface area contributed by atoms with Crippen molar-refractivity contribution in [2.75, 3.05) is 13.7 Å². The number of rotatable bonds is 5. The third-order valence-corrected chi connectivity index (χ3v) is 4.78. The van der Waals surface area contributed by atoms with Gasteiger partial charge in [0.1, 0.15) is 5.76 Å². The number of nitrogens with zero attached hydrogens (tertiary/aromatic N) is 3. The first-order valence-corrected chi connectivity index (χ1v) is 9.03. The molecular formula is C21H22N4O3. The second kappa shape index (κ2) is 7.69. The summed E-state index contributed by atoms with van der Waals surface area (Å²) in [5.41, 5.74) is 10.2.